The Labute approximate surface area is 147 Å². The highest BCUT2D eigenvalue weighted by Gasteiger charge is 2.32. The second-order valence-electron chi connectivity index (χ2n) is 6.08. The highest BCUT2D eigenvalue weighted by Crippen LogP contribution is 2.30. The van der Waals surface area contributed by atoms with E-state index in [0.29, 0.717) is 43.8 Å². The Morgan fingerprint density at radius 3 is 2.24 bits per heavy atom. The van der Waals surface area contributed by atoms with Crippen molar-refractivity contribution in [3.05, 3.63) is 29.2 Å². The molecule has 2 aromatic rings. The van der Waals surface area contributed by atoms with Crippen molar-refractivity contribution < 1.29 is 17.6 Å². The van der Waals surface area contributed by atoms with Crippen molar-refractivity contribution in [1.29, 1.82) is 0 Å². The Balaban J connectivity index is 1.82. The number of hydrogen-bond donors (Lipinski definition) is 0. The Morgan fingerprint density at radius 2 is 1.68 bits per heavy atom. The molecule has 3 rings (SSSR count). The molecule has 136 valence electrons. The van der Waals surface area contributed by atoms with E-state index in [9.17, 15) is 8.42 Å². The van der Waals surface area contributed by atoms with Gasteiger partial charge in [0.15, 0.2) is 0 Å². The maximum Gasteiger partial charge on any atom is 0.318 e. The number of aromatic nitrogens is 2. The molecule has 0 aliphatic carbocycles. The monoisotopic (exact) mass is 366 g/mol. The van der Waals surface area contributed by atoms with Gasteiger partial charge in [0.1, 0.15) is 10.6 Å². The number of nitrogens with zero attached hydrogens (tertiary/aromatic N) is 4. The fraction of sp³-hybridized carbons (Fsp3) is 0.500. The van der Waals surface area contributed by atoms with Crippen LogP contribution in [-0.2, 0) is 10.0 Å². The van der Waals surface area contributed by atoms with Gasteiger partial charge >= 0.3 is 6.01 Å². The van der Waals surface area contributed by atoms with Gasteiger partial charge in [0.25, 0.3) is 0 Å². The number of rotatable bonds is 4. The molecule has 8 nitrogen and oxygen atoms in total. The minimum Gasteiger partial charge on any atom is -0.495 e. The van der Waals surface area contributed by atoms with E-state index in [2.05, 4.69) is 10.2 Å². The van der Waals surface area contributed by atoms with Gasteiger partial charge in [-0.15, -0.1) is 5.10 Å². The molecule has 2 heterocycles. The first-order valence-electron chi connectivity index (χ1n) is 8.03. The van der Waals surface area contributed by atoms with E-state index in [0.717, 1.165) is 11.1 Å². The van der Waals surface area contributed by atoms with Gasteiger partial charge in [-0.25, -0.2) is 8.42 Å². The Morgan fingerprint density at radius 1 is 1.04 bits per heavy atom. The lowest BCUT2D eigenvalue weighted by Gasteiger charge is -2.33. The zero-order valence-electron chi connectivity index (χ0n) is 14.8. The Bertz CT molecular complexity index is 870. The van der Waals surface area contributed by atoms with Crippen molar-refractivity contribution in [1.82, 2.24) is 14.5 Å². The van der Waals surface area contributed by atoms with Crippen molar-refractivity contribution >= 4 is 16.0 Å². The summed E-state index contributed by atoms with van der Waals surface area (Å²) >= 11 is 0. The summed E-state index contributed by atoms with van der Waals surface area (Å²) in [7, 11) is -2.14. The first-order valence-corrected chi connectivity index (χ1v) is 9.47. The normalized spacial score (nSPS) is 16.2. The lowest BCUT2D eigenvalue weighted by atomic mass is 10.1. The van der Waals surface area contributed by atoms with Gasteiger partial charge in [0, 0.05) is 33.1 Å². The van der Waals surface area contributed by atoms with Gasteiger partial charge in [0.2, 0.25) is 15.9 Å². The molecule has 0 N–H and O–H groups in total. The molecule has 1 aromatic carbocycles. The van der Waals surface area contributed by atoms with Crippen LogP contribution in [0.2, 0.25) is 0 Å². The van der Waals surface area contributed by atoms with Gasteiger partial charge in [-0.05, 0) is 37.1 Å². The van der Waals surface area contributed by atoms with Crippen LogP contribution in [0.1, 0.15) is 17.0 Å². The predicted molar refractivity (Wildman–Crippen MR) is 92.5 cm³/mol. The largest absolute Gasteiger partial charge is 0.495 e. The molecule has 1 aromatic heterocycles. The van der Waals surface area contributed by atoms with Crippen LogP contribution in [-0.4, -0.2) is 56.2 Å². The third-order valence-electron chi connectivity index (χ3n) is 4.42. The van der Waals surface area contributed by atoms with E-state index >= 15 is 0 Å². The second kappa shape index (κ2) is 6.64. The first kappa shape index (κ1) is 17.7. The van der Waals surface area contributed by atoms with Crippen LogP contribution in [0.15, 0.2) is 21.4 Å². The van der Waals surface area contributed by atoms with Crippen molar-refractivity contribution in [2.45, 2.75) is 25.7 Å². The molecular formula is C16H22N4O4S. The van der Waals surface area contributed by atoms with E-state index in [4.69, 9.17) is 9.15 Å². The van der Waals surface area contributed by atoms with E-state index in [1.54, 1.807) is 19.1 Å². The summed E-state index contributed by atoms with van der Waals surface area (Å²) in [5.41, 5.74) is 1.91. The predicted octanol–water partition coefficient (Wildman–Crippen LogP) is 1.51. The summed E-state index contributed by atoms with van der Waals surface area (Å²) < 4.78 is 38.3. The average molecular weight is 366 g/mol. The third-order valence-corrected chi connectivity index (χ3v) is 6.34. The van der Waals surface area contributed by atoms with Crippen molar-refractivity contribution in [2.75, 3.05) is 38.2 Å². The number of aryl methyl sites for hydroxylation is 3. The Hall–Kier alpha value is -2.13. The molecule has 1 saturated heterocycles. The molecule has 1 aliphatic rings. The quantitative estimate of drug-likeness (QED) is 0.810. The number of hydrogen-bond acceptors (Lipinski definition) is 7. The van der Waals surface area contributed by atoms with Crippen LogP contribution in [0, 0.1) is 20.8 Å². The highest BCUT2D eigenvalue weighted by molar-refractivity contribution is 7.89. The summed E-state index contributed by atoms with van der Waals surface area (Å²) in [5.74, 6) is 0.864. The smallest absolute Gasteiger partial charge is 0.318 e. The van der Waals surface area contributed by atoms with E-state index in [-0.39, 0.29) is 4.90 Å². The molecular weight excluding hydrogens is 344 g/mol. The van der Waals surface area contributed by atoms with Crippen LogP contribution < -0.4 is 9.64 Å². The topological polar surface area (TPSA) is 88.8 Å². The van der Waals surface area contributed by atoms with Gasteiger partial charge in [-0.3, -0.25) is 0 Å². The maximum absolute atomic E-state index is 13.1. The van der Waals surface area contributed by atoms with E-state index in [1.807, 2.05) is 18.7 Å². The van der Waals surface area contributed by atoms with E-state index in [1.165, 1.54) is 11.4 Å². The molecule has 0 radical (unpaired) electrons. The van der Waals surface area contributed by atoms with Crippen molar-refractivity contribution in [3.8, 4) is 5.75 Å². The zero-order valence-corrected chi connectivity index (χ0v) is 15.6. The van der Waals surface area contributed by atoms with Crippen molar-refractivity contribution in [2.24, 2.45) is 0 Å². The molecule has 9 heteroatoms. The molecule has 0 saturated carbocycles. The van der Waals surface area contributed by atoms with Gasteiger partial charge in [-0.1, -0.05) is 5.10 Å². The molecule has 1 fully saturated rings. The average Bonchev–Trinajstić information content (AvgIpc) is 3.03. The minimum absolute atomic E-state index is 0.209. The lowest BCUT2D eigenvalue weighted by Crippen LogP contribution is -2.48. The third kappa shape index (κ3) is 3.34. The number of methoxy groups -OCH3 is 1. The van der Waals surface area contributed by atoms with Crippen LogP contribution >= 0.6 is 0 Å². The lowest BCUT2D eigenvalue weighted by molar-refractivity contribution is 0.363. The highest BCUT2D eigenvalue weighted by atomic mass is 32.2. The van der Waals surface area contributed by atoms with Gasteiger partial charge in [-0.2, -0.15) is 4.31 Å². The second-order valence-corrected chi connectivity index (χ2v) is 7.99. The van der Waals surface area contributed by atoms with Crippen LogP contribution in [0.5, 0.6) is 5.75 Å². The zero-order chi connectivity index (χ0) is 18.2. The first-order chi connectivity index (χ1) is 11.8. The Kier molecular flexibility index (Phi) is 4.70. The van der Waals surface area contributed by atoms with Gasteiger partial charge < -0.3 is 14.1 Å². The standard InChI is InChI=1S/C16H22N4O4S/c1-11-9-14(23-4)15(10-12(11)2)25(21,22)20-7-5-19(6-8-20)16-18-17-13(3)24-16/h9-10H,5-8H2,1-4H3. The van der Waals surface area contributed by atoms with Crippen LogP contribution in [0.25, 0.3) is 0 Å². The van der Waals surface area contributed by atoms with Crippen molar-refractivity contribution in [3.63, 3.8) is 0 Å². The SMILES string of the molecule is COc1cc(C)c(C)cc1S(=O)(=O)N1CCN(c2nnc(C)o2)CC1. The maximum atomic E-state index is 13.1. The fourth-order valence-corrected chi connectivity index (χ4v) is 4.44. The number of anilines is 1. The van der Waals surface area contributed by atoms with Crippen LogP contribution in [0.4, 0.5) is 6.01 Å². The fourth-order valence-electron chi connectivity index (χ4n) is 2.80. The number of ether oxygens (including phenoxy) is 1. The molecule has 0 bridgehead atoms. The molecule has 0 atom stereocenters. The number of benzene rings is 1. The summed E-state index contributed by atoms with van der Waals surface area (Å²) in [4.78, 5) is 2.10. The van der Waals surface area contributed by atoms with Gasteiger partial charge in [0.05, 0.1) is 7.11 Å². The number of sulfonamides is 1. The molecule has 25 heavy (non-hydrogen) atoms. The summed E-state index contributed by atoms with van der Waals surface area (Å²) in [6.45, 7) is 7.23. The molecule has 1 aliphatic heterocycles. The minimum atomic E-state index is -3.63. The molecule has 0 unspecified atom stereocenters. The van der Waals surface area contributed by atoms with E-state index < -0.39 is 10.0 Å². The number of piperazine rings is 1. The summed E-state index contributed by atoms with van der Waals surface area (Å²) in [6.07, 6.45) is 0. The molecule has 0 spiro atoms. The van der Waals surface area contributed by atoms with Crippen LogP contribution in [0.3, 0.4) is 0 Å². The summed E-state index contributed by atoms with van der Waals surface area (Å²) in [6, 6.07) is 3.87. The molecule has 0 amide bonds. The summed E-state index contributed by atoms with van der Waals surface area (Å²) in [5, 5.41) is 7.80.